The van der Waals surface area contributed by atoms with Crippen LogP contribution in [0.5, 0.6) is 11.5 Å². The quantitative estimate of drug-likeness (QED) is 0.499. The third-order valence-corrected chi connectivity index (χ3v) is 3.54. The van der Waals surface area contributed by atoms with Gasteiger partial charge in [-0.25, -0.2) is 4.79 Å². The van der Waals surface area contributed by atoms with E-state index in [9.17, 15) is 15.0 Å². The zero-order valence-electron chi connectivity index (χ0n) is 14.4. The van der Waals surface area contributed by atoms with Crippen molar-refractivity contribution in [3.05, 3.63) is 59.4 Å². The SMILES string of the molecule is Cc1ccc(Nc2nc(N)nc(COC(=O)c3ccc(O)cc3O)n2)cc1. The Hall–Kier alpha value is -3.88. The van der Waals surface area contributed by atoms with Crippen LogP contribution < -0.4 is 11.1 Å². The number of anilines is 3. The Labute approximate surface area is 154 Å². The largest absolute Gasteiger partial charge is 0.508 e. The van der Waals surface area contributed by atoms with E-state index in [1.807, 2.05) is 31.2 Å². The zero-order chi connectivity index (χ0) is 19.4. The highest BCUT2D eigenvalue weighted by molar-refractivity contribution is 5.92. The molecule has 1 heterocycles. The average molecular weight is 367 g/mol. The Morgan fingerprint density at radius 1 is 1.11 bits per heavy atom. The molecule has 0 saturated heterocycles. The summed E-state index contributed by atoms with van der Waals surface area (Å²) in [5, 5.41) is 22.0. The third-order valence-electron chi connectivity index (χ3n) is 3.54. The number of aryl methyl sites for hydroxylation is 1. The van der Waals surface area contributed by atoms with Crippen molar-refractivity contribution in [2.75, 3.05) is 11.1 Å². The highest BCUT2D eigenvalue weighted by Gasteiger charge is 2.15. The van der Waals surface area contributed by atoms with Gasteiger partial charge in [0, 0.05) is 11.8 Å². The summed E-state index contributed by atoms with van der Waals surface area (Å²) in [5.41, 5.74) is 7.47. The number of hydrogen-bond donors (Lipinski definition) is 4. The number of aromatic hydroxyl groups is 2. The lowest BCUT2D eigenvalue weighted by Gasteiger charge is -2.09. The van der Waals surface area contributed by atoms with Crippen molar-refractivity contribution < 1.29 is 19.7 Å². The molecule has 0 bridgehead atoms. The topological polar surface area (TPSA) is 143 Å². The van der Waals surface area contributed by atoms with Gasteiger partial charge in [0.1, 0.15) is 17.1 Å². The Bertz CT molecular complexity index is 976. The fourth-order valence-electron chi connectivity index (χ4n) is 2.22. The fraction of sp³-hybridized carbons (Fsp3) is 0.111. The van der Waals surface area contributed by atoms with E-state index >= 15 is 0 Å². The highest BCUT2D eigenvalue weighted by Crippen LogP contribution is 2.23. The number of esters is 1. The van der Waals surface area contributed by atoms with Gasteiger partial charge < -0.3 is 26.0 Å². The van der Waals surface area contributed by atoms with Gasteiger partial charge in [-0.2, -0.15) is 15.0 Å². The molecule has 0 aliphatic rings. The second kappa shape index (κ2) is 7.56. The first kappa shape index (κ1) is 17.9. The molecular weight excluding hydrogens is 350 g/mol. The summed E-state index contributed by atoms with van der Waals surface area (Å²) in [4.78, 5) is 24.1. The fourth-order valence-corrected chi connectivity index (χ4v) is 2.22. The molecule has 0 atom stereocenters. The Kier molecular flexibility index (Phi) is 5.02. The Morgan fingerprint density at radius 3 is 2.56 bits per heavy atom. The van der Waals surface area contributed by atoms with Gasteiger partial charge in [0.2, 0.25) is 11.9 Å². The predicted octanol–water partition coefficient (Wildman–Crippen LogP) is 2.27. The minimum atomic E-state index is -0.792. The second-order valence-corrected chi connectivity index (χ2v) is 5.70. The number of nitrogens with two attached hydrogens (primary N) is 1. The molecule has 9 heteroatoms. The number of carbonyl (C=O) groups is 1. The van der Waals surface area contributed by atoms with Crippen molar-refractivity contribution in [1.82, 2.24) is 15.0 Å². The summed E-state index contributed by atoms with van der Waals surface area (Å²) >= 11 is 0. The molecule has 1 aromatic heterocycles. The molecule has 0 unspecified atom stereocenters. The summed E-state index contributed by atoms with van der Waals surface area (Å²) in [6.07, 6.45) is 0. The van der Waals surface area contributed by atoms with Gasteiger partial charge in [-0.15, -0.1) is 0 Å². The molecule has 3 rings (SSSR count). The average Bonchev–Trinajstić information content (AvgIpc) is 2.61. The Balaban J connectivity index is 1.70. The van der Waals surface area contributed by atoms with E-state index in [0.717, 1.165) is 17.3 Å². The van der Waals surface area contributed by atoms with E-state index in [-0.39, 0.29) is 35.6 Å². The number of nitrogen functional groups attached to an aromatic ring is 1. The van der Waals surface area contributed by atoms with Crippen LogP contribution >= 0.6 is 0 Å². The first-order valence-electron chi connectivity index (χ1n) is 7.94. The number of nitrogens with zero attached hydrogens (tertiary/aromatic N) is 3. The molecule has 9 nitrogen and oxygen atoms in total. The standard InChI is InChI=1S/C18H17N5O4/c1-10-2-4-11(5-3-10)20-18-22-15(21-17(19)23-18)9-27-16(26)13-7-6-12(24)8-14(13)25/h2-8,24-25H,9H2,1H3,(H3,19,20,21,22,23). The molecule has 0 radical (unpaired) electrons. The number of benzene rings is 2. The van der Waals surface area contributed by atoms with Gasteiger partial charge in [0.05, 0.1) is 0 Å². The summed E-state index contributed by atoms with van der Waals surface area (Å²) in [6, 6.07) is 11.1. The van der Waals surface area contributed by atoms with Gasteiger partial charge in [-0.1, -0.05) is 17.7 Å². The Morgan fingerprint density at radius 2 is 1.85 bits per heavy atom. The molecule has 27 heavy (non-hydrogen) atoms. The van der Waals surface area contributed by atoms with E-state index in [1.165, 1.54) is 12.1 Å². The van der Waals surface area contributed by atoms with E-state index in [2.05, 4.69) is 20.3 Å². The number of rotatable bonds is 5. The van der Waals surface area contributed by atoms with E-state index in [0.29, 0.717) is 0 Å². The summed E-state index contributed by atoms with van der Waals surface area (Å²) in [5.74, 6) is -1.02. The molecule has 2 aromatic carbocycles. The van der Waals surface area contributed by atoms with Crippen LogP contribution in [0.4, 0.5) is 17.6 Å². The van der Waals surface area contributed by atoms with Crippen LogP contribution in [-0.4, -0.2) is 31.1 Å². The minimum Gasteiger partial charge on any atom is -0.508 e. The number of nitrogens with one attached hydrogen (secondary N) is 1. The van der Waals surface area contributed by atoms with Crippen molar-refractivity contribution in [3.8, 4) is 11.5 Å². The minimum absolute atomic E-state index is 0.0295. The van der Waals surface area contributed by atoms with Crippen LogP contribution in [0.15, 0.2) is 42.5 Å². The smallest absolute Gasteiger partial charge is 0.342 e. The van der Waals surface area contributed by atoms with Gasteiger partial charge >= 0.3 is 5.97 Å². The van der Waals surface area contributed by atoms with Crippen molar-refractivity contribution in [2.45, 2.75) is 13.5 Å². The number of hydrogen-bond acceptors (Lipinski definition) is 9. The first-order chi connectivity index (χ1) is 12.9. The third kappa shape index (κ3) is 4.60. The molecule has 0 aliphatic carbocycles. The van der Waals surface area contributed by atoms with Crippen LogP contribution in [0, 0.1) is 6.92 Å². The maximum Gasteiger partial charge on any atom is 0.342 e. The molecular formula is C18H17N5O4. The van der Waals surface area contributed by atoms with Crippen molar-refractivity contribution >= 4 is 23.6 Å². The maximum atomic E-state index is 12.1. The summed E-state index contributed by atoms with van der Waals surface area (Å²) in [7, 11) is 0. The molecule has 3 aromatic rings. The van der Waals surface area contributed by atoms with Crippen LogP contribution in [-0.2, 0) is 11.3 Å². The molecule has 0 spiro atoms. The van der Waals surface area contributed by atoms with E-state index < -0.39 is 11.7 Å². The molecule has 0 saturated carbocycles. The van der Waals surface area contributed by atoms with Gasteiger partial charge in [0.15, 0.2) is 12.4 Å². The lowest BCUT2D eigenvalue weighted by Crippen LogP contribution is -2.11. The van der Waals surface area contributed by atoms with Crippen molar-refractivity contribution in [3.63, 3.8) is 0 Å². The monoisotopic (exact) mass is 367 g/mol. The molecule has 138 valence electrons. The highest BCUT2D eigenvalue weighted by atomic mass is 16.5. The molecule has 0 amide bonds. The van der Waals surface area contributed by atoms with Crippen molar-refractivity contribution in [1.29, 1.82) is 0 Å². The number of ether oxygens (including phenoxy) is 1. The second-order valence-electron chi connectivity index (χ2n) is 5.70. The van der Waals surface area contributed by atoms with Crippen LogP contribution in [0.3, 0.4) is 0 Å². The predicted molar refractivity (Wildman–Crippen MR) is 97.6 cm³/mol. The normalized spacial score (nSPS) is 10.4. The van der Waals surface area contributed by atoms with Gasteiger partial charge in [-0.3, -0.25) is 0 Å². The molecule has 0 aliphatic heterocycles. The lowest BCUT2D eigenvalue weighted by molar-refractivity contribution is 0.0459. The summed E-state index contributed by atoms with van der Waals surface area (Å²) < 4.78 is 5.09. The number of carbonyl (C=O) groups excluding carboxylic acids is 1. The summed E-state index contributed by atoms with van der Waals surface area (Å²) in [6.45, 7) is 1.71. The first-order valence-corrected chi connectivity index (χ1v) is 7.94. The lowest BCUT2D eigenvalue weighted by atomic mass is 10.2. The zero-order valence-corrected chi connectivity index (χ0v) is 14.4. The van der Waals surface area contributed by atoms with Crippen LogP contribution in [0.25, 0.3) is 0 Å². The number of phenols is 2. The van der Waals surface area contributed by atoms with Crippen LogP contribution in [0.1, 0.15) is 21.7 Å². The van der Waals surface area contributed by atoms with E-state index in [1.54, 1.807) is 0 Å². The van der Waals surface area contributed by atoms with Gasteiger partial charge in [-0.05, 0) is 31.2 Å². The number of aromatic nitrogens is 3. The van der Waals surface area contributed by atoms with E-state index in [4.69, 9.17) is 10.5 Å². The van der Waals surface area contributed by atoms with Crippen LogP contribution in [0.2, 0.25) is 0 Å². The van der Waals surface area contributed by atoms with Gasteiger partial charge in [0.25, 0.3) is 0 Å². The maximum absolute atomic E-state index is 12.1. The number of phenolic OH excluding ortho intramolecular Hbond substituents is 2. The molecule has 0 fully saturated rings. The van der Waals surface area contributed by atoms with Crippen molar-refractivity contribution in [2.24, 2.45) is 0 Å². The molecule has 5 N–H and O–H groups in total.